The highest BCUT2D eigenvalue weighted by Gasteiger charge is 2.10. The third-order valence-electron chi connectivity index (χ3n) is 2.20. The minimum atomic E-state index is -1.27. The number of esters is 1. The van der Waals surface area contributed by atoms with Gasteiger partial charge in [-0.1, -0.05) is 6.08 Å². The van der Waals surface area contributed by atoms with Gasteiger partial charge in [-0.25, -0.2) is 18.0 Å². The fourth-order valence-electron chi connectivity index (χ4n) is 1.24. The molecule has 0 atom stereocenters. The molecule has 0 radical (unpaired) electrons. The summed E-state index contributed by atoms with van der Waals surface area (Å²) >= 11 is 0. The molecule has 0 heterocycles. The molecule has 0 aliphatic heterocycles. The predicted molar refractivity (Wildman–Crippen MR) is 60.6 cm³/mol. The van der Waals surface area contributed by atoms with Gasteiger partial charge in [0.05, 0.1) is 12.8 Å². The highest BCUT2D eigenvalue weighted by Crippen LogP contribution is 2.18. The summed E-state index contributed by atoms with van der Waals surface area (Å²) in [5.41, 5.74) is 0.00342. The van der Waals surface area contributed by atoms with Crippen LogP contribution in [0.2, 0.25) is 0 Å². The molecule has 0 fully saturated rings. The quantitative estimate of drug-likeness (QED) is 0.513. The van der Waals surface area contributed by atoms with E-state index in [1.807, 2.05) is 0 Å². The Labute approximate surface area is 102 Å². The van der Waals surface area contributed by atoms with E-state index in [1.54, 1.807) is 0 Å². The fourth-order valence-corrected chi connectivity index (χ4v) is 1.24. The molecule has 1 rings (SSSR count). The Hall–Kier alpha value is -1.98. The van der Waals surface area contributed by atoms with Crippen LogP contribution in [-0.4, -0.2) is 19.6 Å². The van der Waals surface area contributed by atoms with Crippen molar-refractivity contribution in [1.82, 2.24) is 0 Å². The van der Waals surface area contributed by atoms with E-state index < -0.39 is 23.4 Å². The van der Waals surface area contributed by atoms with E-state index in [1.165, 1.54) is 20.1 Å². The number of benzene rings is 1. The Morgan fingerprint density at radius 2 is 2.06 bits per heavy atom. The lowest BCUT2D eigenvalue weighted by atomic mass is 10.2. The number of anilines is 1. The molecule has 1 aromatic rings. The monoisotopic (exact) mass is 259 g/mol. The van der Waals surface area contributed by atoms with E-state index in [0.29, 0.717) is 11.6 Å². The van der Waals surface area contributed by atoms with Gasteiger partial charge in [-0.15, -0.1) is 0 Å². The molecule has 0 amide bonds. The van der Waals surface area contributed by atoms with Crippen LogP contribution in [0.5, 0.6) is 0 Å². The highest BCUT2D eigenvalue weighted by atomic mass is 19.2. The minimum Gasteiger partial charge on any atom is -0.466 e. The Morgan fingerprint density at radius 1 is 1.39 bits per heavy atom. The van der Waals surface area contributed by atoms with E-state index >= 15 is 0 Å². The Bertz CT molecular complexity index is 486. The molecule has 0 saturated carbocycles. The van der Waals surface area contributed by atoms with Crippen LogP contribution in [0.4, 0.5) is 18.9 Å². The van der Waals surface area contributed by atoms with Crippen molar-refractivity contribution in [2.24, 2.45) is 0 Å². The zero-order valence-corrected chi connectivity index (χ0v) is 9.89. The summed E-state index contributed by atoms with van der Waals surface area (Å²) in [6.45, 7) is 1.55. The van der Waals surface area contributed by atoms with Crippen LogP contribution in [0.1, 0.15) is 6.92 Å². The number of methoxy groups -OCH3 is 1. The zero-order chi connectivity index (χ0) is 13.7. The van der Waals surface area contributed by atoms with Gasteiger partial charge in [0.25, 0.3) is 0 Å². The molecule has 3 nitrogen and oxygen atoms in total. The number of hydrogen-bond donors (Lipinski definition) is 1. The molecule has 0 unspecified atom stereocenters. The van der Waals surface area contributed by atoms with Crippen molar-refractivity contribution in [2.75, 3.05) is 19.0 Å². The van der Waals surface area contributed by atoms with Gasteiger partial charge in [0.1, 0.15) is 5.82 Å². The SMILES string of the molecule is COC(=O)/C(C)=C/CNc1cc(F)cc(F)c1F. The molecule has 0 aliphatic rings. The molecular weight excluding hydrogens is 247 g/mol. The molecule has 1 N–H and O–H groups in total. The lowest BCUT2D eigenvalue weighted by Gasteiger charge is -2.06. The number of carbonyl (C=O) groups is 1. The van der Waals surface area contributed by atoms with Crippen LogP contribution in [-0.2, 0) is 9.53 Å². The van der Waals surface area contributed by atoms with E-state index in [0.717, 1.165) is 6.07 Å². The van der Waals surface area contributed by atoms with Gasteiger partial charge < -0.3 is 10.1 Å². The van der Waals surface area contributed by atoms with Crippen LogP contribution in [0.15, 0.2) is 23.8 Å². The third-order valence-corrected chi connectivity index (χ3v) is 2.20. The van der Waals surface area contributed by atoms with Gasteiger partial charge >= 0.3 is 5.97 Å². The van der Waals surface area contributed by atoms with E-state index in [2.05, 4.69) is 10.1 Å². The van der Waals surface area contributed by atoms with Gasteiger partial charge in [0, 0.05) is 24.3 Å². The topological polar surface area (TPSA) is 38.3 Å². The van der Waals surface area contributed by atoms with E-state index in [9.17, 15) is 18.0 Å². The molecule has 0 saturated heterocycles. The molecule has 0 bridgehead atoms. The van der Waals surface area contributed by atoms with Crippen molar-refractivity contribution in [3.05, 3.63) is 41.2 Å². The lowest BCUT2D eigenvalue weighted by Crippen LogP contribution is -2.07. The standard InChI is InChI=1S/C12H12F3NO2/c1-7(12(17)18-2)3-4-16-10-6-8(13)5-9(14)11(10)15/h3,5-6,16H,4H2,1-2H3/b7-3+. The summed E-state index contributed by atoms with van der Waals surface area (Å²) in [5.74, 6) is -3.85. The summed E-state index contributed by atoms with van der Waals surface area (Å²) < 4.78 is 43.4. The second-order valence-electron chi connectivity index (χ2n) is 3.51. The van der Waals surface area contributed by atoms with Crippen molar-refractivity contribution >= 4 is 11.7 Å². The highest BCUT2D eigenvalue weighted by molar-refractivity contribution is 5.87. The molecule has 0 aliphatic carbocycles. The van der Waals surface area contributed by atoms with Gasteiger partial charge in [-0.05, 0) is 6.92 Å². The van der Waals surface area contributed by atoms with Gasteiger partial charge in [-0.2, -0.15) is 0 Å². The van der Waals surface area contributed by atoms with Crippen molar-refractivity contribution in [3.8, 4) is 0 Å². The third kappa shape index (κ3) is 3.51. The average molecular weight is 259 g/mol. The zero-order valence-electron chi connectivity index (χ0n) is 9.89. The molecular formula is C12H12F3NO2. The normalized spacial score (nSPS) is 11.3. The van der Waals surface area contributed by atoms with Crippen molar-refractivity contribution < 1.29 is 22.7 Å². The number of carbonyl (C=O) groups excluding carboxylic acids is 1. The fraction of sp³-hybridized carbons (Fsp3) is 0.250. The molecule has 0 spiro atoms. The summed E-state index contributed by atoms with van der Waals surface area (Å²) in [4.78, 5) is 11.0. The maximum Gasteiger partial charge on any atom is 0.333 e. The molecule has 0 aromatic heterocycles. The van der Waals surface area contributed by atoms with E-state index in [-0.39, 0.29) is 12.2 Å². The second-order valence-corrected chi connectivity index (χ2v) is 3.51. The average Bonchev–Trinajstić information content (AvgIpc) is 2.33. The first kappa shape index (κ1) is 14.1. The Kier molecular flexibility index (Phi) is 4.76. The molecule has 6 heteroatoms. The van der Waals surface area contributed by atoms with Crippen LogP contribution < -0.4 is 5.32 Å². The summed E-state index contributed by atoms with van der Waals surface area (Å²) in [6.07, 6.45) is 1.42. The van der Waals surface area contributed by atoms with Gasteiger partial charge in [0.15, 0.2) is 11.6 Å². The summed E-state index contributed by atoms with van der Waals surface area (Å²) in [6, 6.07) is 1.29. The Balaban J connectivity index is 2.73. The number of halogens is 3. The first-order valence-corrected chi connectivity index (χ1v) is 5.09. The first-order chi connectivity index (χ1) is 8.45. The summed E-state index contributed by atoms with van der Waals surface area (Å²) in [7, 11) is 1.23. The van der Waals surface area contributed by atoms with Crippen LogP contribution in [0.3, 0.4) is 0 Å². The maximum absolute atomic E-state index is 13.2. The number of nitrogens with one attached hydrogen (secondary N) is 1. The van der Waals surface area contributed by atoms with Crippen molar-refractivity contribution in [3.63, 3.8) is 0 Å². The van der Waals surface area contributed by atoms with Gasteiger partial charge in [0.2, 0.25) is 0 Å². The second kappa shape index (κ2) is 6.09. The molecule has 18 heavy (non-hydrogen) atoms. The number of ether oxygens (including phenoxy) is 1. The Morgan fingerprint density at radius 3 is 2.67 bits per heavy atom. The largest absolute Gasteiger partial charge is 0.466 e. The van der Waals surface area contributed by atoms with Crippen molar-refractivity contribution in [2.45, 2.75) is 6.92 Å². The predicted octanol–water partition coefficient (Wildman–Crippen LogP) is 2.64. The van der Waals surface area contributed by atoms with Gasteiger partial charge in [-0.3, -0.25) is 0 Å². The first-order valence-electron chi connectivity index (χ1n) is 5.09. The maximum atomic E-state index is 13.2. The smallest absolute Gasteiger partial charge is 0.333 e. The minimum absolute atomic E-state index is 0.0424. The van der Waals surface area contributed by atoms with E-state index in [4.69, 9.17) is 0 Å². The van der Waals surface area contributed by atoms with Crippen LogP contribution in [0, 0.1) is 17.5 Å². The van der Waals surface area contributed by atoms with Crippen molar-refractivity contribution in [1.29, 1.82) is 0 Å². The lowest BCUT2D eigenvalue weighted by molar-refractivity contribution is -0.136. The number of hydrogen-bond acceptors (Lipinski definition) is 3. The van der Waals surface area contributed by atoms with Crippen LogP contribution >= 0.6 is 0 Å². The molecule has 98 valence electrons. The number of rotatable bonds is 4. The molecule has 1 aromatic carbocycles. The van der Waals surface area contributed by atoms with Crippen LogP contribution in [0.25, 0.3) is 0 Å². The summed E-state index contributed by atoms with van der Waals surface area (Å²) in [5, 5.41) is 2.47.